The fourth-order valence-electron chi connectivity index (χ4n) is 2.37. The number of carbonyl (C=O) groups is 3. The minimum absolute atomic E-state index is 0.0378. The molecule has 1 rings (SSSR count). The average Bonchev–Trinajstić information content (AvgIpc) is 2.51. The Bertz CT molecular complexity index is 628. The monoisotopic (exact) mass is 364 g/mol. The SMILES string of the molecule is CC(C)C[C@H](NC(=O)CNC(=O)Cc1cccc(OC(C)C)c1)C(=O)O. The van der Waals surface area contributed by atoms with E-state index in [-0.39, 0.29) is 30.9 Å². The van der Waals surface area contributed by atoms with Crippen molar-refractivity contribution in [1.82, 2.24) is 10.6 Å². The fourth-order valence-corrected chi connectivity index (χ4v) is 2.37. The summed E-state index contributed by atoms with van der Waals surface area (Å²) in [5.41, 5.74) is 0.768. The second-order valence-corrected chi connectivity index (χ2v) is 6.86. The number of rotatable bonds is 10. The Kier molecular flexibility index (Phi) is 8.61. The summed E-state index contributed by atoms with van der Waals surface area (Å²) in [6.07, 6.45) is 0.477. The predicted octanol–water partition coefficient (Wildman–Crippen LogP) is 1.75. The summed E-state index contributed by atoms with van der Waals surface area (Å²) in [6, 6.07) is 6.24. The van der Waals surface area contributed by atoms with Crippen LogP contribution >= 0.6 is 0 Å². The summed E-state index contributed by atoms with van der Waals surface area (Å²) >= 11 is 0. The first-order chi connectivity index (χ1) is 12.2. The molecule has 7 nitrogen and oxygen atoms in total. The van der Waals surface area contributed by atoms with Crippen LogP contribution in [0.25, 0.3) is 0 Å². The molecule has 3 N–H and O–H groups in total. The lowest BCUT2D eigenvalue weighted by Crippen LogP contribution is -2.46. The van der Waals surface area contributed by atoms with E-state index in [2.05, 4.69) is 10.6 Å². The van der Waals surface area contributed by atoms with Crippen LogP contribution < -0.4 is 15.4 Å². The summed E-state index contributed by atoms with van der Waals surface area (Å²) in [4.78, 5) is 35.0. The molecule has 0 aliphatic rings. The smallest absolute Gasteiger partial charge is 0.326 e. The zero-order valence-corrected chi connectivity index (χ0v) is 15.7. The maximum atomic E-state index is 12.0. The van der Waals surface area contributed by atoms with Crippen molar-refractivity contribution in [2.75, 3.05) is 6.54 Å². The third-order valence-corrected chi connectivity index (χ3v) is 3.42. The van der Waals surface area contributed by atoms with E-state index < -0.39 is 17.9 Å². The van der Waals surface area contributed by atoms with Gasteiger partial charge in [-0.05, 0) is 43.9 Å². The summed E-state index contributed by atoms with van der Waals surface area (Å²) in [5, 5.41) is 14.0. The van der Waals surface area contributed by atoms with Crippen LogP contribution in [0.15, 0.2) is 24.3 Å². The molecule has 0 saturated heterocycles. The second kappa shape index (κ2) is 10.4. The van der Waals surface area contributed by atoms with Gasteiger partial charge in [0.05, 0.1) is 19.1 Å². The van der Waals surface area contributed by atoms with E-state index in [1.807, 2.05) is 33.8 Å². The predicted molar refractivity (Wildman–Crippen MR) is 97.9 cm³/mol. The largest absolute Gasteiger partial charge is 0.491 e. The van der Waals surface area contributed by atoms with Gasteiger partial charge in [-0.15, -0.1) is 0 Å². The molecule has 0 radical (unpaired) electrons. The first-order valence-corrected chi connectivity index (χ1v) is 8.71. The van der Waals surface area contributed by atoms with Crippen molar-refractivity contribution >= 4 is 17.8 Å². The molecule has 0 spiro atoms. The highest BCUT2D eigenvalue weighted by Crippen LogP contribution is 2.15. The van der Waals surface area contributed by atoms with Crippen LogP contribution in [0.4, 0.5) is 0 Å². The topological polar surface area (TPSA) is 105 Å². The quantitative estimate of drug-likeness (QED) is 0.587. The lowest BCUT2D eigenvalue weighted by Gasteiger charge is -2.16. The molecule has 0 saturated carbocycles. The van der Waals surface area contributed by atoms with E-state index in [1.165, 1.54) is 0 Å². The van der Waals surface area contributed by atoms with Crippen molar-refractivity contribution in [2.45, 2.75) is 52.7 Å². The van der Waals surface area contributed by atoms with Crippen molar-refractivity contribution in [1.29, 1.82) is 0 Å². The summed E-state index contributed by atoms with van der Waals surface area (Å²) < 4.78 is 5.58. The van der Waals surface area contributed by atoms with E-state index >= 15 is 0 Å². The fraction of sp³-hybridized carbons (Fsp3) is 0.526. The van der Waals surface area contributed by atoms with Gasteiger partial charge in [0.2, 0.25) is 11.8 Å². The maximum Gasteiger partial charge on any atom is 0.326 e. The minimum atomic E-state index is -1.08. The number of carboxylic acids is 1. The number of amides is 2. The van der Waals surface area contributed by atoms with Crippen molar-refractivity contribution in [2.24, 2.45) is 5.92 Å². The molecule has 0 aliphatic carbocycles. The lowest BCUT2D eigenvalue weighted by molar-refractivity contribution is -0.142. The Labute approximate surface area is 154 Å². The molecule has 0 bridgehead atoms. The van der Waals surface area contributed by atoms with Crippen molar-refractivity contribution in [3.8, 4) is 5.75 Å². The molecule has 0 aromatic heterocycles. The van der Waals surface area contributed by atoms with Crippen LogP contribution in [0.1, 0.15) is 39.7 Å². The molecule has 1 aromatic carbocycles. The van der Waals surface area contributed by atoms with Gasteiger partial charge in [-0.3, -0.25) is 9.59 Å². The number of ether oxygens (including phenoxy) is 1. The molecule has 7 heteroatoms. The maximum absolute atomic E-state index is 12.0. The van der Waals surface area contributed by atoms with Gasteiger partial charge in [-0.2, -0.15) is 0 Å². The second-order valence-electron chi connectivity index (χ2n) is 6.86. The number of nitrogens with one attached hydrogen (secondary N) is 2. The van der Waals surface area contributed by atoms with Gasteiger partial charge in [0.1, 0.15) is 11.8 Å². The molecule has 0 fully saturated rings. The van der Waals surface area contributed by atoms with Gasteiger partial charge in [0.25, 0.3) is 0 Å². The molecule has 144 valence electrons. The van der Waals surface area contributed by atoms with E-state index in [0.717, 1.165) is 5.56 Å². The highest BCUT2D eigenvalue weighted by molar-refractivity contribution is 5.88. The van der Waals surface area contributed by atoms with Gasteiger partial charge >= 0.3 is 5.97 Å². The number of benzene rings is 1. The van der Waals surface area contributed by atoms with Crippen molar-refractivity contribution in [3.05, 3.63) is 29.8 Å². The van der Waals surface area contributed by atoms with Crippen molar-refractivity contribution in [3.63, 3.8) is 0 Å². The minimum Gasteiger partial charge on any atom is -0.491 e. The number of hydrogen-bond donors (Lipinski definition) is 3. The first-order valence-electron chi connectivity index (χ1n) is 8.71. The van der Waals surface area contributed by atoms with Gasteiger partial charge in [0.15, 0.2) is 0 Å². The molecule has 1 aromatic rings. The highest BCUT2D eigenvalue weighted by atomic mass is 16.5. The average molecular weight is 364 g/mol. The zero-order valence-electron chi connectivity index (χ0n) is 15.7. The summed E-state index contributed by atoms with van der Waals surface area (Å²) in [6.45, 7) is 7.33. The van der Waals surface area contributed by atoms with Crippen LogP contribution in [-0.2, 0) is 20.8 Å². The van der Waals surface area contributed by atoms with Crippen LogP contribution in [0.2, 0.25) is 0 Å². The standard InChI is InChI=1S/C19H28N2O5/c1-12(2)8-16(19(24)25)21-18(23)11-20-17(22)10-14-6-5-7-15(9-14)26-13(3)4/h5-7,9,12-13,16H,8,10-11H2,1-4H3,(H,20,22)(H,21,23)(H,24,25)/t16-/m0/s1. The Hall–Kier alpha value is -2.57. The Balaban J connectivity index is 2.48. The third-order valence-electron chi connectivity index (χ3n) is 3.42. The molecular formula is C19H28N2O5. The third kappa shape index (κ3) is 8.50. The Morgan fingerprint density at radius 2 is 1.81 bits per heavy atom. The molecular weight excluding hydrogens is 336 g/mol. The van der Waals surface area contributed by atoms with Crippen molar-refractivity contribution < 1.29 is 24.2 Å². The summed E-state index contributed by atoms with van der Waals surface area (Å²) in [5.74, 6) is -1.12. The molecule has 26 heavy (non-hydrogen) atoms. The zero-order chi connectivity index (χ0) is 19.7. The number of aliphatic carboxylic acids is 1. The number of carboxylic acid groups (broad SMARTS) is 1. The van der Waals surface area contributed by atoms with Gasteiger partial charge < -0.3 is 20.5 Å². The van der Waals surface area contributed by atoms with E-state index in [4.69, 9.17) is 9.84 Å². The molecule has 1 atom stereocenters. The number of hydrogen-bond acceptors (Lipinski definition) is 4. The van der Waals surface area contributed by atoms with Gasteiger partial charge in [-0.1, -0.05) is 26.0 Å². The first kappa shape index (κ1) is 21.5. The normalized spacial score (nSPS) is 11.9. The van der Waals surface area contributed by atoms with Gasteiger partial charge in [-0.25, -0.2) is 4.79 Å². The molecule has 0 aliphatic heterocycles. The van der Waals surface area contributed by atoms with Crippen LogP contribution in [0.3, 0.4) is 0 Å². The molecule has 0 heterocycles. The highest BCUT2D eigenvalue weighted by Gasteiger charge is 2.21. The van der Waals surface area contributed by atoms with E-state index in [9.17, 15) is 14.4 Å². The summed E-state index contributed by atoms with van der Waals surface area (Å²) in [7, 11) is 0. The van der Waals surface area contributed by atoms with Gasteiger partial charge in [0, 0.05) is 0 Å². The Morgan fingerprint density at radius 3 is 2.38 bits per heavy atom. The van der Waals surface area contributed by atoms with E-state index in [1.54, 1.807) is 18.2 Å². The van der Waals surface area contributed by atoms with Crippen LogP contribution in [0.5, 0.6) is 5.75 Å². The molecule has 0 unspecified atom stereocenters. The van der Waals surface area contributed by atoms with Crippen LogP contribution in [0, 0.1) is 5.92 Å². The Morgan fingerprint density at radius 1 is 1.12 bits per heavy atom. The van der Waals surface area contributed by atoms with E-state index in [0.29, 0.717) is 12.2 Å². The number of carbonyl (C=O) groups excluding carboxylic acids is 2. The van der Waals surface area contributed by atoms with Crippen LogP contribution in [-0.4, -0.2) is 41.6 Å². The lowest BCUT2D eigenvalue weighted by atomic mass is 10.0. The molecule has 2 amide bonds.